The molecule has 0 radical (unpaired) electrons. The number of amides is 4. The van der Waals surface area contributed by atoms with E-state index >= 15 is 0 Å². The minimum atomic E-state index is -2.44. The number of primary amides is 1. The van der Waals surface area contributed by atoms with E-state index in [9.17, 15) is 54.1 Å². The summed E-state index contributed by atoms with van der Waals surface area (Å²) in [6.45, 7) is 9.30. The molecule has 24 heteroatoms. The molecule has 83 heavy (non-hydrogen) atoms. The van der Waals surface area contributed by atoms with Crippen LogP contribution < -0.4 is 27.8 Å². The van der Waals surface area contributed by atoms with Gasteiger partial charge in [-0.05, 0) is 40.0 Å². The third kappa shape index (κ3) is 37.3. The summed E-state index contributed by atoms with van der Waals surface area (Å²) in [6.07, 6.45) is 23.7. The van der Waals surface area contributed by atoms with E-state index < -0.39 is 124 Å². The van der Waals surface area contributed by atoms with Crippen LogP contribution in [0.4, 0.5) is 0 Å². The van der Waals surface area contributed by atoms with Crippen LogP contribution in [0.2, 0.25) is 0 Å². The first-order valence-electron chi connectivity index (χ1n) is 31.4. The molecule has 4 amide bonds. The molecular formula is C59H116N6O17P+. The summed E-state index contributed by atoms with van der Waals surface area (Å²) in [5.74, 6) is -4.49. The molecule has 23 nitrogen and oxygen atoms in total. The molecule has 0 aliphatic carbocycles. The molecule has 0 spiro atoms. The Morgan fingerprint density at radius 2 is 1.17 bits per heavy atom. The quantitative estimate of drug-likeness (QED) is 0.0230. The molecule has 3 unspecified atom stereocenters. The Labute approximate surface area is 498 Å². The van der Waals surface area contributed by atoms with Crippen molar-refractivity contribution < 1.29 is 82.4 Å². The fourth-order valence-electron chi connectivity index (χ4n) is 10.0. The fraction of sp³-hybridized carbons (Fsp3) is 0.915. The number of nitrogens with zero attached hydrogens (tertiary/aromatic N) is 1. The fourth-order valence-corrected chi connectivity index (χ4v) is 10.3. The van der Waals surface area contributed by atoms with Crippen molar-refractivity contribution >= 4 is 37.9 Å². The van der Waals surface area contributed by atoms with Gasteiger partial charge in [0, 0.05) is 44.2 Å². The molecule has 1 aliphatic rings. The number of carboxylic acid groups (broad SMARTS) is 1. The molecule has 0 aromatic carbocycles. The molecule has 12 atom stereocenters. The minimum absolute atomic E-state index is 0.145. The minimum Gasteiger partial charge on any atom is -0.480 e. The van der Waals surface area contributed by atoms with Crippen LogP contribution in [0, 0.1) is 0 Å². The lowest BCUT2D eigenvalue weighted by molar-refractivity contribution is -0.268. The van der Waals surface area contributed by atoms with Crippen molar-refractivity contribution in [2.24, 2.45) is 17.2 Å². The second-order valence-corrected chi connectivity index (χ2v) is 23.4. The van der Waals surface area contributed by atoms with Gasteiger partial charge in [-0.3, -0.25) is 19.2 Å². The molecule has 1 heterocycles. The summed E-state index contributed by atoms with van der Waals surface area (Å²) in [5.41, 5.74) is 15.6. The predicted octanol–water partition coefficient (Wildman–Crippen LogP) is 6.44. The Morgan fingerprint density at radius 1 is 0.723 bits per heavy atom. The maximum absolute atomic E-state index is 14.2. The smallest absolute Gasteiger partial charge is 0.480 e. The van der Waals surface area contributed by atoms with Crippen LogP contribution in [0.5, 0.6) is 0 Å². The van der Waals surface area contributed by atoms with Crippen molar-refractivity contribution in [3.63, 3.8) is 0 Å². The van der Waals surface area contributed by atoms with E-state index in [1.807, 2.05) is 0 Å². The SMILES string of the molecule is CCCCCCCCCCCCCCCCOC([C@H](CO)OCCCCCCCCCCCCCCCC)[C@@](C)(N)C(=O)N[C@H](CCC(=O)N(CC(C)O[C@H]1[C@H](O)[C@@H](CO)O[C@H](O)[C@@H]1NC(C)=O)[C@@H](C)C(=O)O)C(N)=O.NCCO[P+](=O)O. The van der Waals surface area contributed by atoms with Gasteiger partial charge in [-0.1, -0.05) is 181 Å². The molecule has 1 fully saturated rings. The van der Waals surface area contributed by atoms with Crippen LogP contribution in [-0.2, 0) is 52.0 Å². The largest absolute Gasteiger partial charge is 0.694 e. The van der Waals surface area contributed by atoms with Crippen molar-refractivity contribution in [3.8, 4) is 0 Å². The maximum atomic E-state index is 14.2. The molecular weight excluding hydrogens is 1100 g/mol. The number of unbranched alkanes of at least 4 members (excludes halogenated alkanes) is 26. The van der Waals surface area contributed by atoms with E-state index in [0.29, 0.717) is 13.0 Å². The topological polar surface area (TPSA) is 375 Å². The summed E-state index contributed by atoms with van der Waals surface area (Å²) in [7, 11) is -2.44. The number of carbonyl (C=O) groups is 5. The first-order chi connectivity index (χ1) is 39.6. The summed E-state index contributed by atoms with van der Waals surface area (Å²) < 4.78 is 37.5. The predicted molar refractivity (Wildman–Crippen MR) is 320 cm³/mol. The number of aliphatic carboxylic acids is 1. The van der Waals surface area contributed by atoms with Crippen LogP contribution >= 0.6 is 8.25 Å². The van der Waals surface area contributed by atoms with Crippen LogP contribution in [0.3, 0.4) is 0 Å². The molecule has 1 rings (SSSR count). The first kappa shape index (κ1) is 80.0. The number of nitrogens with one attached hydrogen (secondary N) is 2. The van der Waals surface area contributed by atoms with Gasteiger partial charge in [0.25, 0.3) is 0 Å². The summed E-state index contributed by atoms with van der Waals surface area (Å²) in [6, 6.07) is -4.13. The van der Waals surface area contributed by atoms with E-state index in [1.165, 1.54) is 156 Å². The van der Waals surface area contributed by atoms with E-state index in [-0.39, 0.29) is 32.7 Å². The monoisotopic (exact) mass is 1210 g/mol. The Bertz CT molecular complexity index is 1710. The van der Waals surface area contributed by atoms with Gasteiger partial charge in [-0.15, -0.1) is 9.42 Å². The van der Waals surface area contributed by atoms with Crippen molar-refractivity contribution in [1.82, 2.24) is 15.5 Å². The number of carbonyl (C=O) groups excluding carboxylic acids is 4. The van der Waals surface area contributed by atoms with E-state index in [0.717, 1.165) is 49.8 Å². The lowest BCUT2D eigenvalue weighted by Gasteiger charge is -2.43. The zero-order chi connectivity index (χ0) is 62.4. The second kappa shape index (κ2) is 50.0. The van der Waals surface area contributed by atoms with Crippen molar-refractivity contribution in [2.45, 2.75) is 301 Å². The number of aliphatic hydroxyl groups excluding tert-OH is 4. The highest BCUT2D eigenvalue weighted by molar-refractivity contribution is 7.32. The van der Waals surface area contributed by atoms with E-state index in [1.54, 1.807) is 0 Å². The van der Waals surface area contributed by atoms with Crippen LogP contribution in [0.1, 0.15) is 234 Å². The normalized spacial score (nSPS) is 19.7. The molecule has 488 valence electrons. The lowest BCUT2D eigenvalue weighted by Crippen LogP contribution is -2.66. The maximum Gasteiger partial charge on any atom is 0.694 e. The molecule has 0 bridgehead atoms. The third-order valence-corrected chi connectivity index (χ3v) is 15.5. The van der Waals surface area contributed by atoms with Gasteiger partial charge in [-0.2, -0.15) is 0 Å². The molecule has 0 aromatic heterocycles. The Hall–Kier alpha value is -3.03. The molecule has 0 saturated carbocycles. The van der Waals surface area contributed by atoms with Gasteiger partial charge in [0.2, 0.25) is 23.6 Å². The first-order valence-corrected chi connectivity index (χ1v) is 32.6. The lowest BCUT2D eigenvalue weighted by atomic mass is 9.89. The van der Waals surface area contributed by atoms with Crippen LogP contribution in [0.15, 0.2) is 0 Å². The number of carboxylic acids is 1. The number of nitrogens with two attached hydrogens (primary N) is 3. The highest BCUT2D eigenvalue weighted by atomic mass is 31.1. The van der Waals surface area contributed by atoms with E-state index in [4.69, 9.17) is 41.0 Å². The van der Waals surface area contributed by atoms with Gasteiger partial charge in [0.15, 0.2) is 6.29 Å². The van der Waals surface area contributed by atoms with Gasteiger partial charge in [0.1, 0.15) is 60.8 Å². The van der Waals surface area contributed by atoms with Gasteiger partial charge < -0.3 is 77.2 Å². The zero-order valence-corrected chi connectivity index (χ0v) is 52.6. The average molecular weight is 1210 g/mol. The number of ether oxygens (including phenoxy) is 4. The van der Waals surface area contributed by atoms with Crippen LogP contribution in [0.25, 0.3) is 0 Å². The van der Waals surface area contributed by atoms with Crippen molar-refractivity contribution in [3.05, 3.63) is 0 Å². The highest BCUT2D eigenvalue weighted by Gasteiger charge is 2.47. The Balaban J connectivity index is 0.00000897. The van der Waals surface area contributed by atoms with Crippen molar-refractivity contribution in [2.75, 3.05) is 46.1 Å². The van der Waals surface area contributed by atoms with E-state index in [2.05, 4.69) is 29.0 Å². The number of rotatable bonds is 52. The van der Waals surface area contributed by atoms with Gasteiger partial charge in [0.05, 0.1) is 19.3 Å². The Kier molecular flexibility index (Phi) is 48.2. The van der Waals surface area contributed by atoms with Gasteiger partial charge >= 0.3 is 14.2 Å². The standard InChI is InChI=1S/C57H109N5O14.C2H6NO3P/c1-7-9-11-13-15-17-19-21-23-25-27-29-31-33-37-73-47(41-64)52(74-38-34-32-30-28-26-24-22-20-18-16-14-12-10-8-2)57(6,59)56(72)61-45(53(58)68)35-36-48(66)62(43(4)54(69)70)39-42(3)75-51-49(60-44(5)65)55(71)76-46(40-63)50(51)67;3-1-2-6-7(4)5/h42-43,45-47,49-52,55,63-64,67,71H,7-41,59H2,1-6H3,(H2,58,68)(H,60,65)(H,61,72)(H,69,70);1-3H2/p+1/t42?,43-,45+,46+,47-,49+,50+,51+,52?,55-,57+;/m0./s1. The summed E-state index contributed by atoms with van der Waals surface area (Å²) in [4.78, 5) is 74.0. The summed E-state index contributed by atoms with van der Waals surface area (Å²) >= 11 is 0. The highest BCUT2D eigenvalue weighted by Crippen LogP contribution is 2.26. The molecule has 0 aromatic rings. The van der Waals surface area contributed by atoms with Crippen LogP contribution in [-0.4, -0.2) is 178 Å². The van der Waals surface area contributed by atoms with Crippen molar-refractivity contribution in [1.29, 1.82) is 0 Å². The zero-order valence-electron chi connectivity index (χ0n) is 51.7. The number of hydrogen-bond donors (Lipinski definition) is 11. The molecule has 1 saturated heterocycles. The number of aliphatic hydroxyl groups is 4. The molecule has 1 aliphatic heterocycles. The van der Waals surface area contributed by atoms with Gasteiger partial charge in [-0.25, -0.2) is 4.79 Å². The average Bonchev–Trinajstić information content (AvgIpc) is 3.63. The third-order valence-electron chi connectivity index (χ3n) is 15.1. The second-order valence-electron chi connectivity index (χ2n) is 22.6. The Morgan fingerprint density at radius 3 is 1.54 bits per heavy atom. The summed E-state index contributed by atoms with van der Waals surface area (Å²) in [5, 5.41) is 56.9. The molecule has 14 N–H and O–H groups in total. The number of hydrogen-bond acceptors (Lipinski definition) is 17.